The molecule has 2 aliphatic heterocycles. The van der Waals surface area contributed by atoms with Crippen LogP contribution in [-0.2, 0) is 15.7 Å². The summed E-state index contributed by atoms with van der Waals surface area (Å²) in [5, 5.41) is 6.32. The fourth-order valence-corrected chi connectivity index (χ4v) is 4.65. The molecule has 2 aromatic carbocycles. The number of fused-ring (bicyclic) bond motifs is 3. The fourth-order valence-electron chi connectivity index (χ4n) is 4.65. The third kappa shape index (κ3) is 4.91. The second-order valence-electron chi connectivity index (χ2n) is 8.45. The quantitative estimate of drug-likeness (QED) is 0.607. The topological polar surface area (TPSA) is 76.4 Å². The number of hydrogen-bond acceptors (Lipinski definition) is 4. The Balaban J connectivity index is 1.59. The smallest absolute Gasteiger partial charge is 0.378 e. The second kappa shape index (κ2) is 9.50. The highest BCUT2D eigenvalue weighted by Crippen LogP contribution is 2.51. The number of benzene rings is 2. The molecule has 0 aromatic heterocycles. The van der Waals surface area contributed by atoms with Gasteiger partial charge in [0.25, 0.3) is 0 Å². The van der Waals surface area contributed by atoms with Crippen LogP contribution in [0.1, 0.15) is 54.5 Å². The lowest BCUT2D eigenvalue weighted by Gasteiger charge is -2.46. The number of rotatable bonds is 6. The van der Waals surface area contributed by atoms with E-state index < -0.39 is 17.8 Å². The Morgan fingerprint density at radius 3 is 2.66 bits per heavy atom. The number of anilines is 1. The molecule has 0 spiro atoms. The fraction of sp³-hybridized carbons (Fsp3) is 0.458. The van der Waals surface area contributed by atoms with Crippen molar-refractivity contribution in [3.8, 4) is 0 Å². The minimum absolute atomic E-state index is 0.0161. The van der Waals surface area contributed by atoms with Crippen molar-refractivity contribution in [1.82, 2.24) is 5.32 Å². The van der Waals surface area contributed by atoms with Crippen LogP contribution < -0.4 is 16.4 Å². The van der Waals surface area contributed by atoms with Gasteiger partial charge in [0, 0.05) is 30.1 Å². The maximum Gasteiger partial charge on any atom is 0.416 e. The number of carbonyl (C=O) groups is 1. The standard InChI is InChI=1S/C24H28F3N3O2/c25-24(26,27)16-8-11-20-19(13-16)23-18(22(30-20)15-5-2-1-3-6-15)10-9-17(32-23)14-29-21(31)7-4-12-28/h1-3,5-6,8,11,13,17-18,22-23,30H,4,7,9-10,12,14,28H2,(H,29,31)/t17-,18+,22+,23+/m1/s1. The first kappa shape index (κ1) is 22.6. The van der Waals surface area contributed by atoms with Crippen LogP contribution in [0.2, 0.25) is 0 Å². The van der Waals surface area contributed by atoms with E-state index in [4.69, 9.17) is 10.5 Å². The third-order valence-corrected chi connectivity index (χ3v) is 6.27. The van der Waals surface area contributed by atoms with E-state index >= 15 is 0 Å². The van der Waals surface area contributed by atoms with Crippen LogP contribution in [0.15, 0.2) is 48.5 Å². The van der Waals surface area contributed by atoms with Gasteiger partial charge in [0.05, 0.1) is 23.8 Å². The number of nitrogens with one attached hydrogen (secondary N) is 2. The van der Waals surface area contributed by atoms with Crippen LogP contribution in [0, 0.1) is 5.92 Å². The van der Waals surface area contributed by atoms with Gasteiger partial charge in [-0.2, -0.15) is 13.2 Å². The van der Waals surface area contributed by atoms with Crippen molar-refractivity contribution in [3.63, 3.8) is 0 Å². The lowest BCUT2D eigenvalue weighted by Crippen LogP contribution is -2.43. The van der Waals surface area contributed by atoms with Crippen LogP contribution in [0.3, 0.4) is 0 Å². The molecule has 2 aliphatic rings. The minimum atomic E-state index is -4.42. The molecule has 4 rings (SSSR count). The van der Waals surface area contributed by atoms with Gasteiger partial charge in [-0.05, 0) is 49.6 Å². The average Bonchev–Trinajstić information content (AvgIpc) is 2.80. The first-order chi connectivity index (χ1) is 15.4. The van der Waals surface area contributed by atoms with Crippen LogP contribution in [0.4, 0.5) is 18.9 Å². The molecule has 1 fully saturated rings. The molecular weight excluding hydrogens is 419 g/mol. The Kier molecular flexibility index (Phi) is 6.71. The highest BCUT2D eigenvalue weighted by Gasteiger charge is 2.43. The Bertz CT molecular complexity index is 936. The van der Waals surface area contributed by atoms with Gasteiger partial charge in [-0.25, -0.2) is 0 Å². The zero-order chi connectivity index (χ0) is 22.7. The van der Waals surface area contributed by atoms with Crippen molar-refractivity contribution in [2.45, 2.75) is 50.1 Å². The van der Waals surface area contributed by atoms with Gasteiger partial charge < -0.3 is 21.1 Å². The second-order valence-corrected chi connectivity index (χ2v) is 8.45. The van der Waals surface area contributed by atoms with Gasteiger partial charge in [0.2, 0.25) is 5.91 Å². The molecule has 0 aliphatic carbocycles. The van der Waals surface area contributed by atoms with Crippen molar-refractivity contribution < 1.29 is 22.7 Å². The molecule has 4 atom stereocenters. The normalized spacial score (nSPS) is 24.8. The predicted molar refractivity (Wildman–Crippen MR) is 116 cm³/mol. The number of amides is 1. The molecule has 8 heteroatoms. The summed E-state index contributed by atoms with van der Waals surface area (Å²) in [6, 6.07) is 13.6. The molecular formula is C24H28F3N3O2. The Morgan fingerprint density at radius 2 is 1.94 bits per heavy atom. The van der Waals surface area contributed by atoms with Crippen molar-refractivity contribution in [2.75, 3.05) is 18.4 Å². The molecule has 2 heterocycles. The van der Waals surface area contributed by atoms with E-state index in [0.29, 0.717) is 37.2 Å². The maximum absolute atomic E-state index is 13.4. The predicted octanol–water partition coefficient (Wildman–Crippen LogP) is 4.56. The van der Waals surface area contributed by atoms with Crippen LogP contribution >= 0.6 is 0 Å². The van der Waals surface area contributed by atoms with Crippen LogP contribution in [-0.4, -0.2) is 25.1 Å². The zero-order valence-corrected chi connectivity index (χ0v) is 17.7. The molecule has 4 N–H and O–H groups in total. The molecule has 1 saturated heterocycles. The third-order valence-electron chi connectivity index (χ3n) is 6.27. The van der Waals surface area contributed by atoms with Crippen molar-refractivity contribution in [1.29, 1.82) is 0 Å². The minimum Gasteiger partial charge on any atom is -0.378 e. The van der Waals surface area contributed by atoms with E-state index in [1.807, 2.05) is 30.3 Å². The summed E-state index contributed by atoms with van der Waals surface area (Å²) in [4.78, 5) is 12.0. The summed E-state index contributed by atoms with van der Waals surface area (Å²) in [7, 11) is 0. The summed E-state index contributed by atoms with van der Waals surface area (Å²) in [6.07, 6.45) is -2.71. The Labute approximate surface area is 185 Å². The Hall–Kier alpha value is -2.58. The van der Waals surface area contributed by atoms with Gasteiger partial charge in [0.15, 0.2) is 0 Å². The maximum atomic E-state index is 13.4. The van der Waals surface area contributed by atoms with E-state index in [2.05, 4.69) is 10.6 Å². The first-order valence-electron chi connectivity index (χ1n) is 11.0. The van der Waals surface area contributed by atoms with E-state index in [-0.39, 0.29) is 24.0 Å². The van der Waals surface area contributed by atoms with E-state index in [1.165, 1.54) is 12.1 Å². The number of hydrogen-bond donors (Lipinski definition) is 3. The van der Waals surface area contributed by atoms with E-state index in [0.717, 1.165) is 24.5 Å². The molecule has 2 aromatic rings. The number of nitrogens with two attached hydrogens (primary N) is 1. The van der Waals surface area contributed by atoms with Gasteiger partial charge in [-0.3, -0.25) is 4.79 Å². The lowest BCUT2D eigenvalue weighted by molar-refractivity contribution is -0.138. The monoisotopic (exact) mass is 447 g/mol. The molecule has 5 nitrogen and oxygen atoms in total. The summed E-state index contributed by atoms with van der Waals surface area (Å²) in [5.41, 5.74) is 7.01. The van der Waals surface area contributed by atoms with Gasteiger partial charge in [0.1, 0.15) is 0 Å². The largest absolute Gasteiger partial charge is 0.416 e. The molecule has 0 bridgehead atoms. The van der Waals surface area contributed by atoms with Crippen molar-refractivity contribution in [3.05, 3.63) is 65.2 Å². The van der Waals surface area contributed by atoms with E-state index in [9.17, 15) is 18.0 Å². The van der Waals surface area contributed by atoms with E-state index in [1.54, 1.807) is 0 Å². The SMILES string of the molecule is NCCCC(=O)NC[C@H]1CC[C@@H]2[C@H](O1)c1cc(C(F)(F)F)ccc1N[C@H]2c1ccccc1. The summed E-state index contributed by atoms with van der Waals surface area (Å²) in [5.74, 6) is -0.106. The highest BCUT2D eigenvalue weighted by atomic mass is 19.4. The van der Waals surface area contributed by atoms with Gasteiger partial charge >= 0.3 is 6.18 Å². The van der Waals surface area contributed by atoms with Crippen molar-refractivity contribution >= 4 is 11.6 Å². The lowest BCUT2D eigenvalue weighted by atomic mass is 9.76. The number of alkyl halides is 3. The number of ether oxygens (including phenoxy) is 1. The molecule has 32 heavy (non-hydrogen) atoms. The van der Waals surface area contributed by atoms with Crippen LogP contribution in [0.5, 0.6) is 0 Å². The summed E-state index contributed by atoms with van der Waals surface area (Å²) < 4.78 is 46.5. The number of halogens is 3. The zero-order valence-electron chi connectivity index (χ0n) is 17.7. The molecule has 1 amide bonds. The molecule has 0 radical (unpaired) electrons. The first-order valence-corrected chi connectivity index (χ1v) is 11.0. The molecule has 0 unspecified atom stereocenters. The number of carbonyl (C=O) groups excluding carboxylic acids is 1. The van der Waals surface area contributed by atoms with Crippen LogP contribution in [0.25, 0.3) is 0 Å². The Morgan fingerprint density at radius 1 is 1.16 bits per heavy atom. The van der Waals surface area contributed by atoms with Gasteiger partial charge in [-0.1, -0.05) is 30.3 Å². The summed E-state index contributed by atoms with van der Waals surface area (Å²) >= 11 is 0. The molecule has 0 saturated carbocycles. The van der Waals surface area contributed by atoms with Gasteiger partial charge in [-0.15, -0.1) is 0 Å². The average molecular weight is 448 g/mol. The van der Waals surface area contributed by atoms with Crippen molar-refractivity contribution in [2.24, 2.45) is 11.7 Å². The summed E-state index contributed by atoms with van der Waals surface area (Å²) in [6.45, 7) is 0.785. The highest BCUT2D eigenvalue weighted by molar-refractivity contribution is 5.75. The molecule has 172 valence electrons.